The van der Waals surface area contributed by atoms with Gasteiger partial charge in [-0.1, -0.05) is 13.8 Å². The first-order valence-electron chi connectivity index (χ1n) is 6.90. The third kappa shape index (κ3) is 3.35. The Bertz CT molecular complexity index is 407. The smallest absolute Gasteiger partial charge is 0.0738 e. The van der Waals surface area contributed by atoms with E-state index in [-0.39, 0.29) is 0 Å². The Labute approximate surface area is 118 Å². The van der Waals surface area contributed by atoms with Crippen LogP contribution in [0.3, 0.4) is 0 Å². The molecule has 0 amide bonds. The zero-order valence-corrected chi connectivity index (χ0v) is 13.4. The highest BCUT2D eigenvalue weighted by Crippen LogP contribution is 2.26. The van der Waals surface area contributed by atoms with Gasteiger partial charge >= 0.3 is 0 Å². The lowest BCUT2D eigenvalue weighted by Gasteiger charge is -2.21. The van der Waals surface area contributed by atoms with E-state index in [1.807, 2.05) is 11.7 Å². The van der Waals surface area contributed by atoms with Crippen molar-refractivity contribution in [1.82, 2.24) is 15.1 Å². The number of halogens is 1. The van der Waals surface area contributed by atoms with Gasteiger partial charge in [-0.05, 0) is 60.5 Å². The lowest BCUT2D eigenvalue weighted by Crippen LogP contribution is -2.29. The van der Waals surface area contributed by atoms with Gasteiger partial charge in [0.25, 0.3) is 0 Å². The predicted molar refractivity (Wildman–Crippen MR) is 78.7 cm³/mol. The topological polar surface area (TPSA) is 29.9 Å². The first-order valence-corrected chi connectivity index (χ1v) is 7.69. The minimum atomic E-state index is 0.677. The van der Waals surface area contributed by atoms with Crippen molar-refractivity contribution < 1.29 is 0 Å². The summed E-state index contributed by atoms with van der Waals surface area (Å²) in [7, 11) is 2.04. The van der Waals surface area contributed by atoms with E-state index in [4.69, 9.17) is 0 Å². The number of nitrogens with zero attached hydrogens (tertiary/aromatic N) is 2. The summed E-state index contributed by atoms with van der Waals surface area (Å²) in [6.45, 7) is 7.81. The highest BCUT2D eigenvalue weighted by Gasteiger charge is 2.24. The third-order valence-corrected chi connectivity index (χ3v) is 4.94. The van der Waals surface area contributed by atoms with E-state index in [0.717, 1.165) is 24.7 Å². The maximum atomic E-state index is 4.48. The summed E-state index contributed by atoms with van der Waals surface area (Å²) < 4.78 is 3.20. The van der Waals surface area contributed by atoms with Crippen LogP contribution in [0, 0.1) is 18.8 Å². The summed E-state index contributed by atoms with van der Waals surface area (Å²) >= 11 is 3.67. The highest BCUT2D eigenvalue weighted by molar-refractivity contribution is 9.10. The molecule has 1 atom stereocenters. The molecule has 0 aromatic carbocycles. The van der Waals surface area contributed by atoms with Gasteiger partial charge in [0.05, 0.1) is 15.9 Å². The van der Waals surface area contributed by atoms with Gasteiger partial charge in [0, 0.05) is 13.1 Å². The van der Waals surface area contributed by atoms with E-state index >= 15 is 0 Å². The number of aryl methyl sites for hydroxylation is 2. The maximum Gasteiger partial charge on any atom is 0.0738 e. The summed E-state index contributed by atoms with van der Waals surface area (Å²) in [6, 6.07) is 0.794. The quantitative estimate of drug-likeness (QED) is 0.874. The van der Waals surface area contributed by atoms with Crippen molar-refractivity contribution in [2.45, 2.75) is 46.1 Å². The second-order valence-electron chi connectivity index (χ2n) is 5.86. The van der Waals surface area contributed by atoms with Crippen LogP contribution in [0.2, 0.25) is 0 Å². The summed E-state index contributed by atoms with van der Waals surface area (Å²) in [5, 5.41) is 8.14. The van der Waals surface area contributed by atoms with Gasteiger partial charge in [0.1, 0.15) is 0 Å². The van der Waals surface area contributed by atoms with Crippen LogP contribution in [0.4, 0.5) is 0 Å². The molecule has 1 aliphatic carbocycles. The molecule has 0 bridgehead atoms. The van der Waals surface area contributed by atoms with Crippen LogP contribution in [-0.4, -0.2) is 22.4 Å². The van der Waals surface area contributed by atoms with Crippen LogP contribution in [0.5, 0.6) is 0 Å². The van der Waals surface area contributed by atoms with Gasteiger partial charge in [-0.25, -0.2) is 0 Å². The summed E-state index contributed by atoms with van der Waals surface area (Å²) in [4.78, 5) is 0. The van der Waals surface area contributed by atoms with Crippen LogP contribution in [-0.2, 0) is 13.5 Å². The van der Waals surface area contributed by atoms with Gasteiger partial charge < -0.3 is 5.32 Å². The average Bonchev–Trinajstić information content (AvgIpc) is 3.07. The molecule has 0 spiro atoms. The first kappa shape index (κ1) is 14.1. The van der Waals surface area contributed by atoms with E-state index in [9.17, 15) is 0 Å². The third-order valence-electron chi connectivity index (χ3n) is 3.91. The summed E-state index contributed by atoms with van der Waals surface area (Å²) in [5.74, 6) is 1.37. The van der Waals surface area contributed by atoms with E-state index in [1.165, 1.54) is 23.0 Å². The average molecular weight is 314 g/mol. The van der Waals surface area contributed by atoms with Crippen LogP contribution >= 0.6 is 15.9 Å². The molecular weight excluding hydrogens is 290 g/mol. The summed E-state index contributed by atoms with van der Waals surface area (Å²) in [5.41, 5.74) is 2.41. The van der Waals surface area contributed by atoms with E-state index in [0.29, 0.717) is 11.8 Å². The minimum Gasteiger partial charge on any atom is -0.314 e. The van der Waals surface area contributed by atoms with Crippen molar-refractivity contribution in [3.63, 3.8) is 0 Å². The fourth-order valence-corrected chi connectivity index (χ4v) is 2.80. The Morgan fingerprint density at radius 1 is 1.44 bits per heavy atom. The van der Waals surface area contributed by atoms with Crippen LogP contribution < -0.4 is 5.32 Å². The number of hydrogen-bond acceptors (Lipinski definition) is 2. The molecule has 1 aliphatic rings. The molecule has 18 heavy (non-hydrogen) atoms. The van der Waals surface area contributed by atoms with Crippen molar-refractivity contribution in [1.29, 1.82) is 0 Å². The molecule has 1 aromatic heterocycles. The fourth-order valence-electron chi connectivity index (χ4n) is 2.30. The zero-order valence-electron chi connectivity index (χ0n) is 11.8. The number of rotatable bonds is 6. The molecule has 1 heterocycles. The van der Waals surface area contributed by atoms with Crippen molar-refractivity contribution in [2.24, 2.45) is 18.9 Å². The second kappa shape index (κ2) is 5.74. The maximum absolute atomic E-state index is 4.48. The molecule has 4 heteroatoms. The highest BCUT2D eigenvalue weighted by atomic mass is 79.9. The molecule has 0 aliphatic heterocycles. The van der Waals surface area contributed by atoms with Gasteiger partial charge in [-0.2, -0.15) is 5.10 Å². The molecule has 102 valence electrons. The normalized spacial score (nSPS) is 17.4. The number of hydrogen-bond donors (Lipinski definition) is 1. The van der Waals surface area contributed by atoms with Gasteiger partial charge in [-0.3, -0.25) is 4.68 Å². The monoisotopic (exact) mass is 313 g/mol. The molecule has 1 N–H and O–H groups in total. The van der Waals surface area contributed by atoms with Crippen LogP contribution in [0.1, 0.15) is 38.1 Å². The van der Waals surface area contributed by atoms with Crippen molar-refractivity contribution in [3.8, 4) is 0 Å². The largest absolute Gasteiger partial charge is 0.314 e. The molecule has 1 unspecified atom stereocenters. The van der Waals surface area contributed by atoms with Crippen LogP contribution in [0.25, 0.3) is 0 Å². The Balaban J connectivity index is 2.02. The molecule has 1 fully saturated rings. The molecule has 3 nitrogen and oxygen atoms in total. The van der Waals surface area contributed by atoms with E-state index in [2.05, 4.69) is 47.1 Å². The Kier molecular flexibility index (Phi) is 4.49. The molecular formula is C14H24BrN3. The number of nitrogens with one attached hydrogen (secondary N) is 1. The lowest BCUT2D eigenvalue weighted by atomic mass is 9.91. The first-order chi connectivity index (χ1) is 8.49. The number of aromatic nitrogens is 2. The van der Waals surface area contributed by atoms with Gasteiger partial charge in [-0.15, -0.1) is 0 Å². The predicted octanol–water partition coefficient (Wildman–Crippen LogP) is 3.06. The van der Waals surface area contributed by atoms with E-state index in [1.54, 1.807) is 0 Å². The van der Waals surface area contributed by atoms with Crippen molar-refractivity contribution in [3.05, 3.63) is 15.9 Å². The van der Waals surface area contributed by atoms with Crippen molar-refractivity contribution >= 4 is 15.9 Å². The Hall–Kier alpha value is -0.350. The molecule has 0 saturated heterocycles. The standard InChI is InChI=1S/C14H24BrN3/c1-9(2)11(8-16-12-5-6-12)7-13-14(15)10(3)17-18(13)4/h9,11-12,16H,5-8H2,1-4H3. The Morgan fingerprint density at radius 3 is 2.56 bits per heavy atom. The fraction of sp³-hybridized carbons (Fsp3) is 0.786. The van der Waals surface area contributed by atoms with Crippen LogP contribution in [0.15, 0.2) is 4.47 Å². The van der Waals surface area contributed by atoms with E-state index < -0.39 is 0 Å². The second-order valence-corrected chi connectivity index (χ2v) is 6.65. The zero-order chi connectivity index (χ0) is 13.3. The van der Waals surface area contributed by atoms with Gasteiger partial charge in [0.2, 0.25) is 0 Å². The Morgan fingerprint density at radius 2 is 2.11 bits per heavy atom. The molecule has 1 saturated carbocycles. The minimum absolute atomic E-state index is 0.677. The molecule has 0 radical (unpaired) electrons. The van der Waals surface area contributed by atoms with Crippen molar-refractivity contribution in [2.75, 3.05) is 6.54 Å². The van der Waals surface area contributed by atoms with Gasteiger partial charge in [0.15, 0.2) is 0 Å². The lowest BCUT2D eigenvalue weighted by molar-refractivity contribution is 0.352. The molecule has 2 rings (SSSR count). The molecule has 1 aromatic rings. The summed E-state index contributed by atoms with van der Waals surface area (Å²) in [6.07, 6.45) is 3.81. The SMILES string of the molecule is Cc1nn(C)c(CC(CNC2CC2)C(C)C)c1Br.